The number of benzene rings is 2. The molecular formula is C27H32O3S. The van der Waals surface area contributed by atoms with Crippen LogP contribution in [0.1, 0.15) is 91.4 Å². The first-order valence-corrected chi connectivity index (χ1v) is 11.7. The maximum Gasteiger partial charge on any atom is 0.200 e. The van der Waals surface area contributed by atoms with Gasteiger partial charge in [-0.3, -0.25) is 9.59 Å². The predicted molar refractivity (Wildman–Crippen MR) is 130 cm³/mol. The molecule has 3 rings (SSSR count). The minimum atomic E-state index is -0.324. The lowest BCUT2D eigenvalue weighted by molar-refractivity contribution is 0.0998. The fraction of sp³-hybridized carbons (Fsp3) is 0.407. The Balaban J connectivity index is 2.39. The molecule has 2 aromatic carbocycles. The zero-order valence-corrected chi connectivity index (χ0v) is 20.6. The number of allylic oxidation sites excluding steroid dienone is 2. The lowest BCUT2D eigenvalue weighted by Gasteiger charge is -2.29. The van der Waals surface area contributed by atoms with Crippen molar-refractivity contribution in [3.63, 3.8) is 0 Å². The van der Waals surface area contributed by atoms with Gasteiger partial charge >= 0.3 is 0 Å². The number of carbonyl (C=O) groups excluding carboxylic acids is 2. The third-order valence-corrected chi connectivity index (χ3v) is 6.59. The molecule has 0 fully saturated rings. The van der Waals surface area contributed by atoms with Crippen molar-refractivity contribution < 1.29 is 14.7 Å². The van der Waals surface area contributed by atoms with E-state index in [1.54, 1.807) is 12.1 Å². The number of aromatic hydroxyl groups is 1. The summed E-state index contributed by atoms with van der Waals surface area (Å²) in [5.74, 6) is 0.730. The number of fused-ring (bicyclic) bond motifs is 1. The van der Waals surface area contributed by atoms with Crippen LogP contribution in [0.15, 0.2) is 35.2 Å². The highest BCUT2D eigenvalue weighted by molar-refractivity contribution is 8.04. The van der Waals surface area contributed by atoms with Gasteiger partial charge in [-0.25, -0.2) is 0 Å². The molecule has 0 saturated heterocycles. The Morgan fingerprint density at radius 3 is 1.87 bits per heavy atom. The maximum absolute atomic E-state index is 13.7. The standard InChI is InChI=1S/C27H32O3S/c1-9-31-25-21(22(28)18-12-15(2)10-11-17(18)23(25)29)16-13-19(26(3,4)5)24(30)20(14-16)27(6,7)8/h10-14,30H,9H2,1-8H3. The Hall–Kier alpha value is -2.33. The molecule has 0 spiro atoms. The van der Waals surface area contributed by atoms with Gasteiger partial charge in [-0.05, 0) is 47.3 Å². The van der Waals surface area contributed by atoms with Gasteiger partial charge in [0.25, 0.3) is 0 Å². The van der Waals surface area contributed by atoms with Crippen LogP contribution in [0.3, 0.4) is 0 Å². The monoisotopic (exact) mass is 436 g/mol. The van der Waals surface area contributed by atoms with E-state index in [0.717, 1.165) is 16.7 Å². The van der Waals surface area contributed by atoms with Crippen molar-refractivity contribution in [3.05, 3.63) is 68.6 Å². The van der Waals surface area contributed by atoms with Gasteiger partial charge in [0.05, 0.1) is 4.91 Å². The second kappa shape index (κ2) is 7.98. The van der Waals surface area contributed by atoms with Crippen LogP contribution >= 0.6 is 11.8 Å². The number of ketones is 2. The Morgan fingerprint density at radius 1 is 0.839 bits per heavy atom. The molecule has 0 aromatic heterocycles. The number of carbonyl (C=O) groups is 2. The third-order valence-electron chi connectivity index (χ3n) is 5.63. The van der Waals surface area contributed by atoms with Crippen molar-refractivity contribution in [3.8, 4) is 5.75 Å². The van der Waals surface area contributed by atoms with Crippen LogP contribution in [0, 0.1) is 6.92 Å². The van der Waals surface area contributed by atoms with E-state index in [1.165, 1.54) is 11.8 Å². The number of rotatable bonds is 3. The van der Waals surface area contributed by atoms with Crippen LogP contribution in [0.2, 0.25) is 0 Å². The van der Waals surface area contributed by atoms with Crippen LogP contribution in [-0.4, -0.2) is 22.4 Å². The molecule has 0 heterocycles. The number of thioether (sulfide) groups is 1. The van der Waals surface area contributed by atoms with Gasteiger partial charge in [-0.15, -0.1) is 11.8 Å². The summed E-state index contributed by atoms with van der Waals surface area (Å²) in [5, 5.41) is 11.1. The number of phenols is 1. The van der Waals surface area contributed by atoms with Crippen LogP contribution in [0.5, 0.6) is 5.75 Å². The molecule has 0 atom stereocenters. The molecule has 1 N–H and O–H groups in total. The lowest BCUT2D eigenvalue weighted by Crippen LogP contribution is -2.22. The summed E-state index contributed by atoms with van der Waals surface area (Å²) in [7, 11) is 0. The zero-order valence-electron chi connectivity index (χ0n) is 19.8. The van der Waals surface area contributed by atoms with E-state index in [9.17, 15) is 14.7 Å². The van der Waals surface area contributed by atoms with Crippen molar-refractivity contribution in [1.82, 2.24) is 0 Å². The Labute approximate surface area is 190 Å². The first-order valence-electron chi connectivity index (χ1n) is 10.7. The Bertz CT molecular complexity index is 1070. The predicted octanol–water partition coefficient (Wildman–Crippen LogP) is 6.84. The molecule has 0 bridgehead atoms. The highest BCUT2D eigenvalue weighted by Crippen LogP contribution is 2.44. The summed E-state index contributed by atoms with van der Waals surface area (Å²) in [4.78, 5) is 27.6. The molecule has 2 aromatic rings. The van der Waals surface area contributed by atoms with E-state index in [2.05, 4.69) is 0 Å². The normalized spacial score (nSPS) is 14.8. The average Bonchev–Trinajstić information content (AvgIpc) is 2.65. The fourth-order valence-corrected chi connectivity index (χ4v) is 4.87. The van der Waals surface area contributed by atoms with Crippen LogP contribution in [-0.2, 0) is 10.8 Å². The van der Waals surface area contributed by atoms with Crippen molar-refractivity contribution in [2.24, 2.45) is 0 Å². The summed E-state index contributed by atoms with van der Waals surface area (Å²) in [6.45, 7) is 16.2. The van der Waals surface area contributed by atoms with E-state index < -0.39 is 0 Å². The molecule has 4 heteroatoms. The van der Waals surface area contributed by atoms with E-state index in [-0.39, 0.29) is 28.1 Å². The van der Waals surface area contributed by atoms with Crippen LogP contribution in [0.4, 0.5) is 0 Å². The van der Waals surface area contributed by atoms with Crippen molar-refractivity contribution >= 4 is 28.9 Å². The summed E-state index contributed by atoms with van der Waals surface area (Å²) >= 11 is 1.41. The Kier molecular flexibility index (Phi) is 6.01. The molecule has 3 nitrogen and oxygen atoms in total. The van der Waals surface area contributed by atoms with Crippen molar-refractivity contribution in [2.75, 3.05) is 5.75 Å². The lowest BCUT2D eigenvalue weighted by atomic mass is 9.76. The quantitative estimate of drug-likeness (QED) is 0.572. The molecular weight excluding hydrogens is 404 g/mol. The number of phenolic OH excluding ortho intramolecular Hbond substituents is 1. The van der Waals surface area contributed by atoms with Gasteiger partial charge in [0, 0.05) is 27.8 Å². The molecule has 0 unspecified atom stereocenters. The molecule has 0 saturated carbocycles. The van der Waals surface area contributed by atoms with E-state index >= 15 is 0 Å². The first-order chi connectivity index (χ1) is 14.3. The highest BCUT2D eigenvalue weighted by Gasteiger charge is 2.35. The SMILES string of the molecule is CCSC1=C(c2cc(C(C)(C)C)c(O)c(C(C)(C)C)c2)C(=O)c2cc(C)ccc2C1=O. The fourth-order valence-electron chi connectivity index (χ4n) is 3.98. The van der Waals surface area contributed by atoms with Gasteiger partial charge in [0.1, 0.15) is 5.75 Å². The smallest absolute Gasteiger partial charge is 0.200 e. The summed E-state index contributed by atoms with van der Waals surface area (Å²) in [6.07, 6.45) is 0. The number of hydrogen-bond donors (Lipinski definition) is 1. The molecule has 164 valence electrons. The van der Waals surface area contributed by atoms with Gasteiger partial charge in [0.2, 0.25) is 5.78 Å². The van der Waals surface area contributed by atoms with E-state index in [0.29, 0.717) is 32.9 Å². The zero-order chi connectivity index (χ0) is 23.3. The number of hydrogen-bond acceptors (Lipinski definition) is 4. The minimum Gasteiger partial charge on any atom is -0.507 e. The summed E-state index contributed by atoms with van der Waals surface area (Å²) in [5.41, 5.74) is 3.94. The van der Waals surface area contributed by atoms with E-state index in [1.807, 2.05) is 73.6 Å². The van der Waals surface area contributed by atoms with Crippen molar-refractivity contribution in [1.29, 1.82) is 0 Å². The maximum atomic E-state index is 13.7. The molecule has 0 amide bonds. The second-order valence-corrected chi connectivity index (χ2v) is 11.5. The molecule has 1 aliphatic carbocycles. The molecule has 31 heavy (non-hydrogen) atoms. The van der Waals surface area contributed by atoms with Gasteiger partial charge < -0.3 is 5.11 Å². The minimum absolute atomic E-state index is 0.0980. The summed E-state index contributed by atoms with van der Waals surface area (Å²) in [6, 6.07) is 9.22. The largest absolute Gasteiger partial charge is 0.507 e. The van der Waals surface area contributed by atoms with Crippen LogP contribution in [0.25, 0.3) is 5.57 Å². The third kappa shape index (κ3) is 4.23. The van der Waals surface area contributed by atoms with Gasteiger partial charge in [-0.1, -0.05) is 66.2 Å². The number of aryl methyl sites for hydroxylation is 1. The van der Waals surface area contributed by atoms with E-state index in [4.69, 9.17) is 0 Å². The topological polar surface area (TPSA) is 54.4 Å². The van der Waals surface area contributed by atoms with Crippen molar-refractivity contribution in [2.45, 2.75) is 66.2 Å². The molecule has 0 radical (unpaired) electrons. The number of Topliss-reactive ketones (excluding diaryl/α,β-unsaturated/α-hetero) is 2. The first kappa shape index (κ1) is 23.3. The van der Waals surface area contributed by atoms with Gasteiger partial charge in [0.15, 0.2) is 5.78 Å². The summed E-state index contributed by atoms with van der Waals surface area (Å²) < 4.78 is 0. The molecule has 1 aliphatic rings. The molecule has 0 aliphatic heterocycles. The van der Waals surface area contributed by atoms with Gasteiger partial charge in [-0.2, -0.15) is 0 Å². The average molecular weight is 437 g/mol. The Morgan fingerprint density at radius 2 is 1.39 bits per heavy atom. The highest BCUT2D eigenvalue weighted by atomic mass is 32.2. The van der Waals surface area contributed by atoms with Crippen LogP contribution < -0.4 is 0 Å². The second-order valence-electron chi connectivity index (χ2n) is 10.3.